The van der Waals surface area contributed by atoms with Crippen molar-refractivity contribution in [3.63, 3.8) is 0 Å². The summed E-state index contributed by atoms with van der Waals surface area (Å²) in [6.45, 7) is 1.76. The van der Waals surface area contributed by atoms with Crippen LogP contribution in [0.25, 0.3) is 11.4 Å². The molecule has 2 heterocycles. The first-order valence-corrected chi connectivity index (χ1v) is 9.76. The van der Waals surface area contributed by atoms with Crippen LogP contribution in [0.2, 0.25) is 0 Å². The smallest absolute Gasteiger partial charge is 0.225 e. The summed E-state index contributed by atoms with van der Waals surface area (Å²) >= 11 is 0. The van der Waals surface area contributed by atoms with Crippen LogP contribution in [0.3, 0.4) is 0 Å². The molecule has 0 saturated carbocycles. The zero-order valence-corrected chi connectivity index (χ0v) is 17.8. The minimum absolute atomic E-state index is 0.550. The van der Waals surface area contributed by atoms with Crippen LogP contribution in [0.4, 0.5) is 17.5 Å². The maximum atomic E-state index is 5.36. The summed E-state index contributed by atoms with van der Waals surface area (Å²) < 4.78 is 10.7. The summed E-state index contributed by atoms with van der Waals surface area (Å²) in [6, 6.07) is 13.2. The first kappa shape index (κ1) is 21.3. The molecule has 8 heteroatoms. The van der Waals surface area contributed by atoms with Crippen molar-refractivity contribution in [3.8, 4) is 22.9 Å². The lowest BCUT2D eigenvalue weighted by atomic mass is 10.2. The van der Waals surface area contributed by atoms with E-state index in [1.54, 1.807) is 20.4 Å². The standard InChI is InChI=1S/C22H28N6O2/c1-28(2)11-7-10-24-22-26-20(19-8-5-6-9-23-19)15-21(27-22)25-16-12-17(29-3)14-18(13-16)30-4/h5-6,8-9,12-15H,7,10-11H2,1-4H3,(H2,24,25,26,27). The number of hydrogen-bond acceptors (Lipinski definition) is 8. The fourth-order valence-corrected chi connectivity index (χ4v) is 2.86. The number of methoxy groups -OCH3 is 2. The number of benzene rings is 1. The summed E-state index contributed by atoms with van der Waals surface area (Å²) in [5.41, 5.74) is 2.32. The molecule has 0 aliphatic heterocycles. The third kappa shape index (κ3) is 6.05. The van der Waals surface area contributed by atoms with E-state index in [4.69, 9.17) is 9.47 Å². The average Bonchev–Trinajstić information content (AvgIpc) is 2.76. The Labute approximate surface area is 177 Å². The SMILES string of the molecule is COc1cc(Nc2cc(-c3ccccn3)nc(NCCCN(C)C)n2)cc(OC)c1. The van der Waals surface area contributed by atoms with Gasteiger partial charge in [0.2, 0.25) is 5.95 Å². The molecule has 0 aliphatic rings. The maximum Gasteiger partial charge on any atom is 0.225 e. The Bertz CT molecular complexity index is 927. The average molecular weight is 409 g/mol. The van der Waals surface area contributed by atoms with Crippen molar-refractivity contribution in [2.24, 2.45) is 0 Å². The van der Waals surface area contributed by atoms with Gasteiger partial charge in [-0.2, -0.15) is 4.98 Å². The predicted molar refractivity (Wildman–Crippen MR) is 120 cm³/mol. The lowest BCUT2D eigenvalue weighted by molar-refractivity contribution is 0.395. The minimum atomic E-state index is 0.550. The molecule has 2 aromatic heterocycles. The number of nitrogens with one attached hydrogen (secondary N) is 2. The Morgan fingerprint density at radius 1 is 0.933 bits per heavy atom. The van der Waals surface area contributed by atoms with Gasteiger partial charge in [-0.1, -0.05) is 6.07 Å². The number of nitrogens with zero attached hydrogens (tertiary/aromatic N) is 4. The molecule has 0 radical (unpaired) electrons. The van der Waals surface area contributed by atoms with Crippen LogP contribution in [0.5, 0.6) is 11.5 Å². The Kier molecular flexibility index (Phi) is 7.40. The number of ether oxygens (including phenoxy) is 2. The summed E-state index contributed by atoms with van der Waals surface area (Å²) in [6.07, 6.45) is 2.74. The molecule has 8 nitrogen and oxygen atoms in total. The van der Waals surface area contributed by atoms with Crippen molar-refractivity contribution in [2.75, 3.05) is 52.0 Å². The third-order valence-corrected chi connectivity index (χ3v) is 4.34. The summed E-state index contributed by atoms with van der Waals surface area (Å²) in [5, 5.41) is 6.64. The van der Waals surface area contributed by atoms with Crippen molar-refractivity contribution in [2.45, 2.75) is 6.42 Å². The summed E-state index contributed by atoms with van der Waals surface area (Å²) in [7, 11) is 7.36. The normalized spacial score (nSPS) is 10.7. The van der Waals surface area contributed by atoms with E-state index in [2.05, 4.69) is 44.6 Å². The highest BCUT2D eigenvalue weighted by molar-refractivity contribution is 5.67. The molecule has 3 aromatic rings. The lowest BCUT2D eigenvalue weighted by Crippen LogP contribution is -2.17. The van der Waals surface area contributed by atoms with Gasteiger partial charge < -0.3 is 25.0 Å². The molecule has 0 atom stereocenters. The van der Waals surface area contributed by atoms with Gasteiger partial charge >= 0.3 is 0 Å². The molecule has 30 heavy (non-hydrogen) atoms. The highest BCUT2D eigenvalue weighted by Gasteiger charge is 2.10. The fraction of sp³-hybridized carbons (Fsp3) is 0.318. The van der Waals surface area contributed by atoms with Gasteiger partial charge in [0.15, 0.2) is 0 Å². The molecule has 0 unspecified atom stereocenters. The monoisotopic (exact) mass is 408 g/mol. The van der Waals surface area contributed by atoms with E-state index in [0.29, 0.717) is 23.3 Å². The van der Waals surface area contributed by atoms with Gasteiger partial charge in [0, 0.05) is 42.7 Å². The molecule has 158 valence electrons. The van der Waals surface area contributed by atoms with E-state index in [1.807, 2.05) is 42.5 Å². The van der Waals surface area contributed by atoms with Crippen molar-refractivity contribution >= 4 is 17.5 Å². The van der Waals surface area contributed by atoms with Crippen molar-refractivity contribution in [1.29, 1.82) is 0 Å². The van der Waals surface area contributed by atoms with Gasteiger partial charge in [-0.3, -0.25) is 4.98 Å². The Morgan fingerprint density at radius 2 is 1.70 bits per heavy atom. The lowest BCUT2D eigenvalue weighted by Gasteiger charge is -2.13. The molecule has 0 bridgehead atoms. The maximum absolute atomic E-state index is 5.36. The number of hydrogen-bond donors (Lipinski definition) is 2. The van der Waals surface area contributed by atoms with E-state index in [0.717, 1.165) is 36.6 Å². The Morgan fingerprint density at radius 3 is 2.33 bits per heavy atom. The van der Waals surface area contributed by atoms with E-state index >= 15 is 0 Å². The second-order valence-electron chi connectivity index (χ2n) is 6.99. The third-order valence-electron chi connectivity index (χ3n) is 4.34. The second kappa shape index (κ2) is 10.4. The van der Waals surface area contributed by atoms with Crippen molar-refractivity contribution in [1.82, 2.24) is 19.9 Å². The van der Waals surface area contributed by atoms with Crippen LogP contribution in [0.1, 0.15) is 6.42 Å². The molecular formula is C22H28N6O2. The van der Waals surface area contributed by atoms with Crippen LogP contribution in [0, 0.1) is 0 Å². The predicted octanol–water partition coefficient (Wildman–Crippen LogP) is 3.66. The van der Waals surface area contributed by atoms with Crippen LogP contribution in [0.15, 0.2) is 48.7 Å². The second-order valence-corrected chi connectivity index (χ2v) is 6.99. The minimum Gasteiger partial charge on any atom is -0.497 e. The molecule has 0 spiro atoms. The topological polar surface area (TPSA) is 84.4 Å². The van der Waals surface area contributed by atoms with Crippen LogP contribution < -0.4 is 20.1 Å². The van der Waals surface area contributed by atoms with Gasteiger partial charge in [-0.15, -0.1) is 0 Å². The molecule has 0 fully saturated rings. The molecule has 0 amide bonds. The van der Waals surface area contributed by atoms with E-state index in [9.17, 15) is 0 Å². The zero-order chi connectivity index (χ0) is 21.3. The Hall–Kier alpha value is -3.39. The van der Waals surface area contributed by atoms with Crippen LogP contribution in [-0.4, -0.2) is 61.3 Å². The number of anilines is 3. The van der Waals surface area contributed by atoms with Gasteiger partial charge in [0.05, 0.1) is 25.6 Å². The molecule has 1 aromatic carbocycles. The van der Waals surface area contributed by atoms with Gasteiger partial charge in [-0.05, 0) is 39.2 Å². The molecular weight excluding hydrogens is 380 g/mol. The van der Waals surface area contributed by atoms with Crippen molar-refractivity contribution < 1.29 is 9.47 Å². The molecule has 0 saturated heterocycles. The molecule has 3 rings (SSSR count). The summed E-state index contributed by atoms with van der Waals surface area (Å²) in [5.74, 6) is 2.58. The van der Waals surface area contributed by atoms with Crippen molar-refractivity contribution in [3.05, 3.63) is 48.7 Å². The fourth-order valence-electron chi connectivity index (χ4n) is 2.86. The number of rotatable bonds is 10. The molecule has 2 N–H and O–H groups in total. The highest BCUT2D eigenvalue weighted by atomic mass is 16.5. The quantitative estimate of drug-likeness (QED) is 0.492. The van der Waals surface area contributed by atoms with Gasteiger partial charge in [-0.25, -0.2) is 4.98 Å². The molecule has 0 aliphatic carbocycles. The number of aromatic nitrogens is 3. The summed E-state index contributed by atoms with van der Waals surface area (Å²) in [4.78, 5) is 15.8. The largest absolute Gasteiger partial charge is 0.497 e. The van der Waals surface area contributed by atoms with E-state index in [1.165, 1.54) is 0 Å². The Balaban J connectivity index is 1.88. The zero-order valence-electron chi connectivity index (χ0n) is 17.8. The highest BCUT2D eigenvalue weighted by Crippen LogP contribution is 2.29. The van der Waals surface area contributed by atoms with Crippen LogP contribution >= 0.6 is 0 Å². The first-order valence-electron chi connectivity index (χ1n) is 9.76. The van der Waals surface area contributed by atoms with E-state index < -0.39 is 0 Å². The number of pyridine rings is 1. The van der Waals surface area contributed by atoms with E-state index in [-0.39, 0.29) is 0 Å². The first-order chi connectivity index (χ1) is 14.6. The van der Waals surface area contributed by atoms with Gasteiger partial charge in [0.25, 0.3) is 0 Å². The van der Waals surface area contributed by atoms with Gasteiger partial charge in [0.1, 0.15) is 17.3 Å². The van der Waals surface area contributed by atoms with Crippen LogP contribution in [-0.2, 0) is 0 Å².